The van der Waals surface area contributed by atoms with E-state index in [0.717, 1.165) is 12.8 Å². The van der Waals surface area contributed by atoms with Crippen LogP contribution >= 0.6 is 23.2 Å². The van der Waals surface area contributed by atoms with Gasteiger partial charge in [-0.2, -0.15) is 0 Å². The molecular weight excluding hydrogens is 323 g/mol. The third kappa shape index (κ3) is 4.89. The predicted octanol–water partition coefficient (Wildman–Crippen LogP) is 3.08. The van der Waals surface area contributed by atoms with E-state index in [9.17, 15) is 9.59 Å². The molecule has 0 spiro atoms. The van der Waals surface area contributed by atoms with Gasteiger partial charge in [0, 0.05) is 42.0 Å². The lowest BCUT2D eigenvalue weighted by atomic mass is 10.0. The van der Waals surface area contributed by atoms with Crippen molar-refractivity contribution in [3.63, 3.8) is 0 Å². The van der Waals surface area contributed by atoms with Gasteiger partial charge in [-0.3, -0.25) is 9.59 Å². The molecule has 1 fully saturated rings. The summed E-state index contributed by atoms with van der Waals surface area (Å²) >= 11 is 11.4. The zero-order chi connectivity index (χ0) is 15.9. The number of rotatable bonds is 5. The van der Waals surface area contributed by atoms with Crippen LogP contribution in [0, 0.1) is 0 Å². The van der Waals surface area contributed by atoms with Gasteiger partial charge in [-0.1, -0.05) is 11.6 Å². The van der Waals surface area contributed by atoms with Crippen LogP contribution in [0.5, 0.6) is 0 Å². The van der Waals surface area contributed by atoms with Crippen LogP contribution in [0.25, 0.3) is 0 Å². The highest BCUT2D eigenvalue weighted by atomic mass is 35.5. The number of carbonyl (C=O) groups excluding carboxylic acids is 2. The highest BCUT2D eigenvalue weighted by Crippen LogP contribution is 2.14. The van der Waals surface area contributed by atoms with Gasteiger partial charge in [-0.05, 0) is 43.5 Å². The smallest absolute Gasteiger partial charge is 0.251 e. The summed E-state index contributed by atoms with van der Waals surface area (Å²) in [5.41, 5.74) is 0.602. The van der Waals surface area contributed by atoms with Gasteiger partial charge in [0.1, 0.15) is 0 Å². The third-order valence-corrected chi connectivity index (χ3v) is 4.33. The Morgan fingerprint density at radius 1 is 1.18 bits per heavy atom. The second kappa shape index (κ2) is 8.39. The monoisotopic (exact) mass is 342 g/mol. The van der Waals surface area contributed by atoms with E-state index in [1.54, 1.807) is 24.3 Å². The molecule has 0 atom stereocenters. The van der Waals surface area contributed by atoms with Gasteiger partial charge in [0.05, 0.1) is 0 Å². The van der Waals surface area contributed by atoms with E-state index in [2.05, 4.69) is 5.32 Å². The van der Waals surface area contributed by atoms with Gasteiger partial charge in [0.2, 0.25) is 5.91 Å². The van der Waals surface area contributed by atoms with Crippen molar-refractivity contribution in [3.05, 3.63) is 34.9 Å². The lowest BCUT2D eigenvalue weighted by Gasteiger charge is -2.32. The standard InChI is InChI=1S/C16H20Cl2N2O2/c17-9-1-2-15(21)20-10-7-14(8-11-20)19-16(22)12-3-5-13(18)6-4-12/h3-6,14H,1-2,7-11H2,(H,19,22). The summed E-state index contributed by atoms with van der Waals surface area (Å²) in [5.74, 6) is 0.575. The first-order valence-electron chi connectivity index (χ1n) is 7.50. The van der Waals surface area contributed by atoms with Crippen LogP contribution in [0.3, 0.4) is 0 Å². The van der Waals surface area contributed by atoms with Crippen LogP contribution in [-0.4, -0.2) is 41.7 Å². The molecule has 120 valence electrons. The normalized spacial score (nSPS) is 15.6. The molecule has 1 saturated heterocycles. The number of piperidine rings is 1. The molecule has 1 aromatic rings. The summed E-state index contributed by atoms with van der Waals surface area (Å²) in [6.45, 7) is 1.37. The molecule has 1 heterocycles. The average Bonchev–Trinajstić information content (AvgIpc) is 2.54. The Balaban J connectivity index is 1.78. The van der Waals surface area contributed by atoms with Crippen LogP contribution in [0.2, 0.25) is 5.02 Å². The average molecular weight is 343 g/mol. The number of hydrogen-bond acceptors (Lipinski definition) is 2. The maximum Gasteiger partial charge on any atom is 0.251 e. The molecule has 1 aliphatic rings. The molecule has 2 rings (SSSR count). The first-order valence-corrected chi connectivity index (χ1v) is 8.41. The zero-order valence-electron chi connectivity index (χ0n) is 12.4. The maximum absolute atomic E-state index is 12.1. The molecule has 1 aliphatic heterocycles. The predicted molar refractivity (Wildman–Crippen MR) is 88.5 cm³/mol. The van der Waals surface area contributed by atoms with Gasteiger partial charge in [-0.15, -0.1) is 11.6 Å². The Morgan fingerprint density at radius 2 is 1.82 bits per heavy atom. The Hall–Kier alpha value is -1.26. The number of nitrogens with zero attached hydrogens (tertiary/aromatic N) is 1. The molecule has 0 unspecified atom stereocenters. The summed E-state index contributed by atoms with van der Waals surface area (Å²) in [7, 11) is 0. The third-order valence-electron chi connectivity index (χ3n) is 3.81. The Bertz CT molecular complexity index is 511. The van der Waals surface area contributed by atoms with Crippen LogP contribution < -0.4 is 5.32 Å². The van der Waals surface area contributed by atoms with Crippen molar-refractivity contribution in [3.8, 4) is 0 Å². The Labute approximate surface area is 140 Å². The number of alkyl halides is 1. The maximum atomic E-state index is 12.1. The molecule has 0 bridgehead atoms. The molecular formula is C16H20Cl2N2O2. The highest BCUT2D eigenvalue weighted by molar-refractivity contribution is 6.30. The molecule has 2 amide bonds. The zero-order valence-corrected chi connectivity index (χ0v) is 13.9. The Kier molecular flexibility index (Phi) is 6.52. The van der Waals surface area contributed by atoms with Gasteiger partial charge < -0.3 is 10.2 Å². The van der Waals surface area contributed by atoms with E-state index in [4.69, 9.17) is 23.2 Å². The lowest BCUT2D eigenvalue weighted by Crippen LogP contribution is -2.46. The first-order chi connectivity index (χ1) is 10.6. The molecule has 0 aliphatic carbocycles. The van der Waals surface area contributed by atoms with Crippen molar-refractivity contribution in [1.82, 2.24) is 10.2 Å². The molecule has 0 radical (unpaired) electrons. The topological polar surface area (TPSA) is 49.4 Å². The van der Waals surface area contributed by atoms with Crippen molar-refractivity contribution in [2.24, 2.45) is 0 Å². The minimum Gasteiger partial charge on any atom is -0.349 e. The molecule has 22 heavy (non-hydrogen) atoms. The molecule has 0 saturated carbocycles. The number of carbonyl (C=O) groups is 2. The second-order valence-electron chi connectivity index (χ2n) is 5.43. The number of amides is 2. The van der Waals surface area contributed by atoms with Crippen molar-refractivity contribution in [1.29, 1.82) is 0 Å². The minimum atomic E-state index is -0.0939. The number of likely N-dealkylation sites (tertiary alicyclic amines) is 1. The lowest BCUT2D eigenvalue weighted by molar-refractivity contribution is -0.132. The van der Waals surface area contributed by atoms with Gasteiger partial charge in [0.25, 0.3) is 5.91 Å². The number of halogens is 2. The van der Waals surface area contributed by atoms with E-state index in [0.29, 0.717) is 42.4 Å². The molecule has 6 heteroatoms. The molecule has 1 aromatic carbocycles. The second-order valence-corrected chi connectivity index (χ2v) is 6.24. The fraction of sp³-hybridized carbons (Fsp3) is 0.500. The van der Waals surface area contributed by atoms with E-state index in [-0.39, 0.29) is 17.9 Å². The van der Waals surface area contributed by atoms with E-state index in [1.165, 1.54) is 0 Å². The number of nitrogens with one attached hydrogen (secondary N) is 1. The van der Waals surface area contributed by atoms with Gasteiger partial charge in [-0.25, -0.2) is 0 Å². The SMILES string of the molecule is O=C(NC1CCN(C(=O)CCCCl)CC1)c1ccc(Cl)cc1. The first kappa shape index (κ1) is 17.1. The van der Waals surface area contributed by atoms with Crippen molar-refractivity contribution in [2.75, 3.05) is 19.0 Å². The summed E-state index contributed by atoms with van der Waals surface area (Å²) in [5, 5.41) is 3.63. The minimum absolute atomic E-state index is 0.0939. The largest absolute Gasteiger partial charge is 0.349 e. The molecule has 1 N–H and O–H groups in total. The summed E-state index contributed by atoms with van der Waals surface area (Å²) < 4.78 is 0. The van der Waals surface area contributed by atoms with Crippen LogP contribution in [0.4, 0.5) is 0 Å². The van der Waals surface area contributed by atoms with E-state index in [1.807, 2.05) is 4.90 Å². The van der Waals surface area contributed by atoms with Crippen molar-refractivity contribution < 1.29 is 9.59 Å². The van der Waals surface area contributed by atoms with Crippen LogP contribution in [0.1, 0.15) is 36.0 Å². The van der Waals surface area contributed by atoms with Gasteiger partial charge in [0.15, 0.2) is 0 Å². The van der Waals surface area contributed by atoms with Crippen molar-refractivity contribution in [2.45, 2.75) is 31.7 Å². The van der Waals surface area contributed by atoms with E-state index >= 15 is 0 Å². The fourth-order valence-electron chi connectivity index (χ4n) is 2.52. The number of benzene rings is 1. The Morgan fingerprint density at radius 3 is 2.41 bits per heavy atom. The highest BCUT2D eigenvalue weighted by Gasteiger charge is 2.23. The van der Waals surface area contributed by atoms with Gasteiger partial charge >= 0.3 is 0 Å². The quantitative estimate of drug-likeness (QED) is 0.836. The summed E-state index contributed by atoms with van der Waals surface area (Å²) in [6.07, 6.45) is 2.79. The summed E-state index contributed by atoms with van der Waals surface area (Å²) in [4.78, 5) is 25.9. The van der Waals surface area contributed by atoms with E-state index < -0.39 is 0 Å². The van der Waals surface area contributed by atoms with Crippen molar-refractivity contribution >= 4 is 35.0 Å². The number of hydrogen-bond donors (Lipinski definition) is 1. The van der Waals surface area contributed by atoms with Crippen LogP contribution in [-0.2, 0) is 4.79 Å². The van der Waals surface area contributed by atoms with Crippen LogP contribution in [0.15, 0.2) is 24.3 Å². The molecule has 4 nitrogen and oxygen atoms in total. The fourth-order valence-corrected chi connectivity index (χ4v) is 2.78. The molecule has 0 aromatic heterocycles. The summed E-state index contributed by atoms with van der Waals surface area (Å²) in [6, 6.07) is 6.94.